The third kappa shape index (κ3) is 3.36. The van der Waals surface area contributed by atoms with Crippen LogP contribution in [0.3, 0.4) is 0 Å². The lowest BCUT2D eigenvalue weighted by molar-refractivity contribution is 0.589. The van der Waals surface area contributed by atoms with Crippen LogP contribution >= 0.6 is 0 Å². The second-order valence-corrected chi connectivity index (χ2v) is 6.87. The highest BCUT2D eigenvalue weighted by Gasteiger charge is 2.08. The number of fused-ring (bicyclic) bond motifs is 1. The number of benzene rings is 3. The molecule has 0 amide bonds. The molecular weight excluding hydrogens is 358 g/mol. The molecule has 0 fully saturated rings. The maximum atomic E-state index is 5.93. The summed E-state index contributed by atoms with van der Waals surface area (Å²) in [6.45, 7) is 0. The molecule has 0 spiro atoms. The van der Waals surface area contributed by atoms with E-state index < -0.39 is 0 Å². The van der Waals surface area contributed by atoms with Crippen LogP contribution in [0.4, 0.5) is 0 Å². The van der Waals surface area contributed by atoms with Crippen molar-refractivity contribution in [3.63, 3.8) is 0 Å². The molecule has 0 saturated heterocycles. The Labute approximate surface area is 168 Å². The van der Waals surface area contributed by atoms with Crippen LogP contribution in [-0.4, -0.2) is 14.5 Å². The van der Waals surface area contributed by atoms with Crippen molar-refractivity contribution < 1.29 is 4.42 Å². The molecule has 0 bridgehead atoms. The van der Waals surface area contributed by atoms with Gasteiger partial charge in [0, 0.05) is 18.2 Å². The number of para-hydroxylation sites is 2. The SMILES string of the molecule is Cn1c(/C=C/c2ccc(-c3ncc(-c4ccccc4)o3)cc2)nc2ccccc21. The van der Waals surface area contributed by atoms with Crippen molar-refractivity contribution in [1.29, 1.82) is 0 Å². The number of hydrogen-bond acceptors (Lipinski definition) is 3. The number of rotatable bonds is 4. The highest BCUT2D eigenvalue weighted by molar-refractivity contribution is 5.79. The first-order valence-electron chi connectivity index (χ1n) is 9.49. The van der Waals surface area contributed by atoms with Crippen molar-refractivity contribution in [2.45, 2.75) is 0 Å². The van der Waals surface area contributed by atoms with Crippen LogP contribution in [0.5, 0.6) is 0 Å². The van der Waals surface area contributed by atoms with Crippen LogP contribution in [0.2, 0.25) is 0 Å². The van der Waals surface area contributed by atoms with Crippen LogP contribution in [-0.2, 0) is 7.05 Å². The Balaban J connectivity index is 1.37. The van der Waals surface area contributed by atoms with Crippen molar-refractivity contribution >= 4 is 23.2 Å². The molecule has 0 atom stereocenters. The Morgan fingerprint density at radius 3 is 2.34 bits per heavy atom. The van der Waals surface area contributed by atoms with E-state index in [0.29, 0.717) is 5.89 Å². The predicted octanol–water partition coefficient (Wildman–Crippen LogP) is 6.07. The molecule has 29 heavy (non-hydrogen) atoms. The number of oxazole rings is 1. The van der Waals surface area contributed by atoms with Crippen molar-refractivity contribution in [2.24, 2.45) is 7.05 Å². The Bertz CT molecular complexity index is 1300. The van der Waals surface area contributed by atoms with Gasteiger partial charge in [0.15, 0.2) is 5.76 Å². The molecule has 0 aliphatic rings. The summed E-state index contributed by atoms with van der Waals surface area (Å²) in [5.74, 6) is 2.32. The van der Waals surface area contributed by atoms with Gasteiger partial charge in [-0.3, -0.25) is 0 Å². The minimum atomic E-state index is 0.620. The van der Waals surface area contributed by atoms with E-state index in [4.69, 9.17) is 4.42 Å². The van der Waals surface area contributed by atoms with Gasteiger partial charge in [-0.2, -0.15) is 0 Å². The van der Waals surface area contributed by atoms with Gasteiger partial charge in [0.25, 0.3) is 0 Å². The lowest BCUT2D eigenvalue weighted by Gasteiger charge is -1.99. The maximum absolute atomic E-state index is 5.93. The summed E-state index contributed by atoms with van der Waals surface area (Å²) in [6, 6.07) is 26.3. The normalized spacial score (nSPS) is 11.5. The number of aryl methyl sites for hydroxylation is 1. The first-order valence-corrected chi connectivity index (χ1v) is 9.49. The van der Waals surface area contributed by atoms with Gasteiger partial charge in [-0.15, -0.1) is 0 Å². The van der Waals surface area contributed by atoms with E-state index in [1.54, 1.807) is 6.20 Å². The standard InChI is InChI=1S/C25H19N3O/c1-28-22-10-6-5-9-21(22)27-24(28)16-13-18-11-14-20(15-12-18)25-26-17-23(29-25)19-7-3-2-4-8-19/h2-17H,1H3/b16-13+. The predicted molar refractivity (Wildman–Crippen MR) is 117 cm³/mol. The average Bonchev–Trinajstić information content (AvgIpc) is 3.39. The average molecular weight is 377 g/mol. The van der Waals surface area contributed by atoms with Crippen LogP contribution < -0.4 is 0 Å². The molecule has 140 valence electrons. The third-order valence-corrected chi connectivity index (χ3v) is 4.97. The van der Waals surface area contributed by atoms with Crippen molar-refractivity contribution in [3.8, 4) is 22.8 Å². The van der Waals surface area contributed by atoms with Gasteiger partial charge in [0.1, 0.15) is 5.82 Å². The molecule has 4 heteroatoms. The summed E-state index contributed by atoms with van der Waals surface area (Å²) < 4.78 is 8.03. The molecule has 5 aromatic rings. The lowest BCUT2D eigenvalue weighted by atomic mass is 10.1. The second-order valence-electron chi connectivity index (χ2n) is 6.87. The Morgan fingerprint density at radius 2 is 1.55 bits per heavy atom. The molecule has 4 nitrogen and oxygen atoms in total. The summed E-state index contributed by atoms with van der Waals surface area (Å²) in [5, 5.41) is 0. The van der Waals surface area contributed by atoms with E-state index in [-0.39, 0.29) is 0 Å². The zero-order valence-electron chi connectivity index (χ0n) is 16.0. The maximum Gasteiger partial charge on any atom is 0.226 e. The van der Waals surface area contributed by atoms with Gasteiger partial charge < -0.3 is 8.98 Å². The van der Waals surface area contributed by atoms with Crippen LogP contribution in [0, 0.1) is 0 Å². The Morgan fingerprint density at radius 1 is 0.793 bits per heavy atom. The minimum absolute atomic E-state index is 0.620. The first-order chi connectivity index (χ1) is 14.3. The second kappa shape index (κ2) is 7.24. The topological polar surface area (TPSA) is 43.9 Å². The number of hydrogen-bond donors (Lipinski definition) is 0. The molecule has 2 aromatic heterocycles. The zero-order valence-corrected chi connectivity index (χ0v) is 16.0. The molecule has 2 heterocycles. The smallest absolute Gasteiger partial charge is 0.226 e. The largest absolute Gasteiger partial charge is 0.436 e. The minimum Gasteiger partial charge on any atom is -0.436 e. The van der Waals surface area contributed by atoms with Crippen molar-refractivity contribution in [2.75, 3.05) is 0 Å². The van der Waals surface area contributed by atoms with E-state index in [1.807, 2.05) is 73.8 Å². The highest BCUT2D eigenvalue weighted by atomic mass is 16.4. The first kappa shape index (κ1) is 17.2. The number of nitrogens with zero attached hydrogens (tertiary/aromatic N) is 3. The lowest BCUT2D eigenvalue weighted by Crippen LogP contribution is -1.90. The van der Waals surface area contributed by atoms with Gasteiger partial charge >= 0.3 is 0 Å². The Kier molecular flexibility index (Phi) is 4.30. The quantitative estimate of drug-likeness (QED) is 0.382. The summed E-state index contributed by atoms with van der Waals surface area (Å²) in [5.41, 5.74) is 5.19. The fourth-order valence-corrected chi connectivity index (χ4v) is 3.36. The highest BCUT2D eigenvalue weighted by Crippen LogP contribution is 2.26. The molecule has 3 aromatic carbocycles. The van der Waals surface area contributed by atoms with Gasteiger partial charge in [-0.25, -0.2) is 9.97 Å². The summed E-state index contributed by atoms with van der Waals surface area (Å²) in [7, 11) is 2.03. The molecule has 0 aliphatic heterocycles. The number of imidazole rings is 1. The van der Waals surface area contributed by atoms with Crippen LogP contribution in [0.1, 0.15) is 11.4 Å². The monoisotopic (exact) mass is 377 g/mol. The number of aromatic nitrogens is 3. The van der Waals surface area contributed by atoms with Gasteiger partial charge in [0.05, 0.1) is 17.2 Å². The van der Waals surface area contributed by atoms with Gasteiger partial charge in [0.2, 0.25) is 5.89 Å². The molecule has 0 saturated carbocycles. The molecule has 0 radical (unpaired) electrons. The van der Waals surface area contributed by atoms with Gasteiger partial charge in [-0.1, -0.05) is 60.7 Å². The van der Waals surface area contributed by atoms with E-state index >= 15 is 0 Å². The zero-order chi connectivity index (χ0) is 19.6. The van der Waals surface area contributed by atoms with Crippen molar-refractivity contribution in [1.82, 2.24) is 14.5 Å². The summed E-state index contributed by atoms with van der Waals surface area (Å²) >= 11 is 0. The summed E-state index contributed by atoms with van der Waals surface area (Å²) in [4.78, 5) is 9.10. The van der Waals surface area contributed by atoms with Crippen LogP contribution in [0.25, 0.3) is 46.0 Å². The van der Waals surface area contributed by atoms with E-state index in [0.717, 1.165) is 39.3 Å². The fourth-order valence-electron chi connectivity index (χ4n) is 3.36. The van der Waals surface area contributed by atoms with Gasteiger partial charge in [-0.05, 0) is 35.9 Å². The van der Waals surface area contributed by atoms with E-state index in [1.165, 1.54) is 0 Å². The Hall–Kier alpha value is -3.92. The molecule has 0 unspecified atom stereocenters. The van der Waals surface area contributed by atoms with Crippen molar-refractivity contribution in [3.05, 3.63) is 96.4 Å². The molecular formula is C25H19N3O. The molecule has 0 N–H and O–H groups in total. The van der Waals surface area contributed by atoms with E-state index in [2.05, 4.69) is 38.8 Å². The van der Waals surface area contributed by atoms with Crippen LogP contribution in [0.15, 0.2) is 89.5 Å². The third-order valence-electron chi connectivity index (χ3n) is 4.97. The summed E-state index contributed by atoms with van der Waals surface area (Å²) in [6.07, 6.45) is 5.87. The molecule has 0 aliphatic carbocycles. The van der Waals surface area contributed by atoms with E-state index in [9.17, 15) is 0 Å². The fraction of sp³-hybridized carbons (Fsp3) is 0.0400. The molecule has 5 rings (SSSR count).